The van der Waals surface area contributed by atoms with Crippen molar-refractivity contribution in [2.45, 2.75) is 0 Å². The molecule has 0 amide bonds. The second-order valence-corrected chi connectivity index (χ2v) is 13.9. The average molecular weight is 723 g/mol. The van der Waals surface area contributed by atoms with Crippen LogP contribution in [0.2, 0.25) is 0 Å². The van der Waals surface area contributed by atoms with E-state index in [0.717, 1.165) is 22.3 Å². The zero-order valence-electron chi connectivity index (χ0n) is 45.4. The highest BCUT2D eigenvalue weighted by atomic mass is 14.2. The fourth-order valence-electron chi connectivity index (χ4n) is 8.12. The Morgan fingerprint density at radius 2 is 0.643 bits per heavy atom. The van der Waals surface area contributed by atoms with E-state index in [1.165, 1.54) is 6.07 Å². The maximum absolute atomic E-state index is 9.35. The molecular formula is C56H34. The molecule has 12 aromatic carbocycles. The van der Waals surface area contributed by atoms with Gasteiger partial charge in [0.2, 0.25) is 0 Å². The lowest BCUT2D eigenvalue weighted by Crippen LogP contribution is -1.89. The van der Waals surface area contributed by atoms with Crippen molar-refractivity contribution in [1.82, 2.24) is 0 Å². The molecule has 56 heavy (non-hydrogen) atoms. The Morgan fingerprint density at radius 3 is 1.21 bits per heavy atom. The number of rotatable bonds is 5. The summed E-state index contributed by atoms with van der Waals surface area (Å²) in [5.41, 5.74) is 5.89. The number of hydrogen-bond donors (Lipinski definition) is 0. The predicted octanol–water partition coefficient (Wildman–Crippen LogP) is 15.8. The van der Waals surface area contributed by atoms with Gasteiger partial charge in [-0.05, 0) is 126 Å². The molecule has 0 heteroatoms. The third-order valence-electron chi connectivity index (χ3n) is 10.8. The van der Waals surface area contributed by atoms with Gasteiger partial charge < -0.3 is 0 Å². The van der Waals surface area contributed by atoms with Gasteiger partial charge in [-0.15, -0.1) is 0 Å². The van der Waals surface area contributed by atoms with E-state index in [-0.39, 0.29) is 154 Å². The van der Waals surface area contributed by atoms with E-state index in [4.69, 9.17) is 13.7 Å². The van der Waals surface area contributed by atoms with Crippen LogP contribution in [0.3, 0.4) is 0 Å². The molecule has 0 spiro atoms. The Balaban J connectivity index is 0.958. The van der Waals surface area contributed by atoms with Gasteiger partial charge in [-0.2, -0.15) is 0 Å². The molecule has 0 aliphatic heterocycles. The molecule has 0 aliphatic rings. The molecule has 0 heterocycles. The first kappa shape index (κ1) is 19.4. The third-order valence-corrected chi connectivity index (χ3v) is 10.8. The summed E-state index contributed by atoms with van der Waals surface area (Å²) < 4.78 is 144. The highest BCUT2D eigenvalue weighted by Gasteiger charge is 2.16. The number of benzene rings is 12. The zero-order valence-corrected chi connectivity index (χ0v) is 29.4. The second-order valence-electron chi connectivity index (χ2n) is 13.9. The second kappa shape index (κ2) is 12.1. The van der Waals surface area contributed by atoms with Gasteiger partial charge in [-0.25, -0.2) is 0 Å². The minimum Gasteiger partial charge on any atom is -0.0622 e. The molecule has 12 rings (SSSR count). The van der Waals surface area contributed by atoms with Crippen molar-refractivity contribution in [3.05, 3.63) is 206 Å². The molecule has 0 radical (unpaired) electrons. The van der Waals surface area contributed by atoms with E-state index in [9.17, 15) is 8.22 Å². The summed E-state index contributed by atoms with van der Waals surface area (Å²) in [5, 5.41) is 1.46. The van der Waals surface area contributed by atoms with Crippen molar-refractivity contribution >= 4 is 64.6 Å². The molecule has 0 fully saturated rings. The minimum absolute atomic E-state index is 0.0116. The van der Waals surface area contributed by atoms with Crippen molar-refractivity contribution in [1.29, 1.82) is 0 Å². The minimum atomic E-state index is -0.495. The van der Waals surface area contributed by atoms with Crippen molar-refractivity contribution < 1.29 is 21.9 Å². The lowest BCUT2D eigenvalue weighted by molar-refractivity contribution is 1.58. The van der Waals surface area contributed by atoms with Gasteiger partial charge in [0.25, 0.3) is 0 Å². The Bertz CT molecular complexity index is 4330. The molecule has 0 aliphatic carbocycles. The lowest BCUT2D eigenvalue weighted by atomic mass is 9.87. The van der Waals surface area contributed by atoms with E-state index in [1.54, 1.807) is 42.5 Å². The van der Waals surface area contributed by atoms with E-state index in [0.29, 0.717) is 22.3 Å². The van der Waals surface area contributed by atoms with Crippen LogP contribution in [0, 0.1) is 0 Å². The van der Waals surface area contributed by atoms with Gasteiger partial charge >= 0.3 is 0 Å². The quantitative estimate of drug-likeness (QED) is 0.155. The molecular weight excluding hydrogens is 673 g/mol. The van der Waals surface area contributed by atoms with Gasteiger partial charge in [0.15, 0.2) is 0 Å². The summed E-state index contributed by atoms with van der Waals surface area (Å²) in [7, 11) is 0. The van der Waals surface area contributed by atoms with Crippen molar-refractivity contribution in [3.63, 3.8) is 0 Å². The first-order valence-corrected chi connectivity index (χ1v) is 18.2. The summed E-state index contributed by atoms with van der Waals surface area (Å²) in [6.07, 6.45) is 0. The number of hydrogen-bond acceptors (Lipinski definition) is 0. The maximum atomic E-state index is 9.35. The van der Waals surface area contributed by atoms with E-state index >= 15 is 0 Å². The molecule has 12 aromatic rings. The topological polar surface area (TPSA) is 0 Å². The Kier molecular flexibility index (Phi) is 4.19. The molecule has 0 saturated heterocycles. The summed E-state index contributed by atoms with van der Waals surface area (Å²) in [4.78, 5) is 0. The maximum Gasteiger partial charge on any atom is 0.0630 e. The smallest absolute Gasteiger partial charge is 0.0622 e. The van der Waals surface area contributed by atoms with Crippen LogP contribution in [0.5, 0.6) is 0 Å². The Morgan fingerprint density at radius 1 is 0.250 bits per heavy atom. The zero-order chi connectivity index (χ0) is 50.7. The standard InChI is InChI=1S/C56H34/c1-2-6-37(7-3-1)47-28-23-43-27-33-52-49(30-24-44-26-32-51(47)55(43)56(44)52)39-18-14-36(15-19-39)46-11-5-10-45(34-46)35-12-16-38(17-13-35)48-29-22-42-21-20-40-8-4-9-41-25-31-50(48)54(42)53(40)41/h1-34H/i4D,8D,9D,20D,21D,22D,23D,24D,25D,26D,27D,28D,30D,31D,32D,33D. The third kappa shape index (κ3) is 4.73. The summed E-state index contributed by atoms with van der Waals surface area (Å²) in [5.74, 6) is 0. The average Bonchev–Trinajstić information content (AvgIpc) is 3.38. The van der Waals surface area contributed by atoms with Crippen molar-refractivity contribution in [2.24, 2.45) is 0 Å². The SMILES string of the molecule is [2H]c1c([2H])c2c([2H])c([2H])c3c([2H])cc(-c4ccc(-c5cccc(-c6ccc(-c7c([2H])c([2H])c8c([2H])c([2H])c9c(-c%10ccccc%10)c([2H])c([2H])c%10c([2H])c([2H])c7c8c%109)cc6)c5)cc4)c4c([2H])c([2H])c(c1[2H])c2c34. The van der Waals surface area contributed by atoms with Gasteiger partial charge in [0.05, 0.1) is 21.9 Å². The highest BCUT2D eigenvalue weighted by Crippen LogP contribution is 2.43. The molecule has 0 atom stereocenters. The van der Waals surface area contributed by atoms with Crippen LogP contribution >= 0.6 is 0 Å². The molecule has 0 nitrogen and oxygen atoms in total. The summed E-state index contributed by atoms with van der Waals surface area (Å²) in [6.45, 7) is 0. The van der Waals surface area contributed by atoms with Gasteiger partial charge in [-0.3, -0.25) is 0 Å². The highest BCUT2D eigenvalue weighted by molar-refractivity contribution is 6.28. The van der Waals surface area contributed by atoms with Crippen LogP contribution in [0.25, 0.3) is 120 Å². The fraction of sp³-hybridized carbons (Fsp3) is 0. The Labute approximate surface area is 347 Å². The lowest BCUT2D eigenvalue weighted by Gasteiger charge is -2.16. The van der Waals surface area contributed by atoms with E-state index < -0.39 is 18.1 Å². The molecule has 258 valence electrons. The Hall–Kier alpha value is -7.28. The van der Waals surface area contributed by atoms with Gasteiger partial charge in [-0.1, -0.05) is 200 Å². The molecule has 0 N–H and O–H groups in total. The van der Waals surface area contributed by atoms with E-state index in [2.05, 4.69) is 0 Å². The van der Waals surface area contributed by atoms with Gasteiger partial charge in [0.1, 0.15) is 0 Å². The van der Waals surface area contributed by atoms with Crippen LogP contribution < -0.4 is 0 Å². The van der Waals surface area contributed by atoms with Crippen LogP contribution in [0.15, 0.2) is 206 Å². The first-order chi connectivity index (χ1) is 34.4. The largest absolute Gasteiger partial charge is 0.0630 e. The molecule has 0 unspecified atom stereocenters. The predicted molar refractivity (Wildman–Crippen MR) is 241 cm³/mol. The summed E-state index contributed by atoms with van der Waals surface area (Å²) >= 11 is 0. The first-order valence-electron chi connectivity index (χ1n) is 26.2. The molecule has 0 saturated carbocycles. The fourth-order valence-corrected chi connectivity index (χ4v) is 8.12. The van der Waals surface area contributed by atoms with Crippen molar-refractivity contribution in [2.75, 3.05) is 0 Å². The monoisotopic (exact) mass is 722 g/mol. The van der Waals surface area contributed by atoms with Crippen LogP contribution in [0.1, 0.15) is 21.9 Å². The van der Waals surface area contributed by atoms with Crippen LogP contribution in [-0.4, -0.2) is 0 Å². The van der Waals surface area contributed by atoms with E-state index in [1.807, 2.05) is 60.7 Å². The van der Waals surface area contributed by atoms with Crippen molar-refractivity contribution in [3.8, 4) is 55.6 Å². The molecule has 0 aromatic heterocycles. The van der Waals surface area contributed by atoms with Gasteiger partial charge in [0, 0.05) is 0 Å². The summed E-state index contributed by atoms with van der Waals surface area (Å²) in [6, 6.07) is 27.9. The van der Waals surface area contributed by atoms with Crippen LogP contribution in [-0.2, 0) is 0 Å². The molecule has 0 bridgehead atoms. The normalized spacial score (nSPS) is 15.9. The van der Waals surface area contributed by atoms with Crippen LogP contribution in [0.4, 0.5) is 0 Å².